The summed E-state index contributed by atoms with van der Waals surface area (Å²) in [5, 5.41) is 12.2. The molecule has 0 amide bonds. The van der Waals surface area contributed by atoms with E-state index in [2.05, 4.69) is 10.0 Å². The van der Waals surface area contributed by atoms with Crippen LogP contribution in [0.4, 0.5) is 4.39 Å². The van der Waals surface area contributed by atoms with Crippen molar-refractivity contribution >= 4 is 12.0 Å². The highest BCUT2D eigenvalue weighted by molar-refractivity contribution is 5.92. The van der Waals surface area contributed by atoms with Gasteiger partial charge < -0.3 is 5.11 Å². The lowest BCUT2D eigenvalue weighted by atomic mass is 10.1. The number of azide groups is 1. The maximum Gasteiger partial charge on any atom is 0.336 e. The predicted molar refractivity (Wildman–Crippen MR) is 61.0 cm³/mol. The van der Waals surface area contributed by atoms with Crippen LogP contribution in [0, 0.1) is 5.82 Å². The Kier molecular flexibility index (Phi) is 4.72. The smallest absolute Gasteiger partial charge is 0.336 e. The van der Waals surface area contributed by atoms with Crippen molar-refractivity contribution in [3.8, 4) is 0 Å². The van der Waals surface area contributed by atoms with Crippen molar-refractivity contribution in [3.05, 3.63) is 51.7 Å². The first-order valence-electron chi connectivity index (χ1n) is 4.85. The number of benzene rings is 1. The van der Waals surface area contributed by atoms with Gasteiger partial charge in [0.05, 0.1) is 5.56 Å². The Morgan fingerprint density at radius 2 is 2.35 bits per heavy atom. The van der Waals surface area contributed by atoms with Crippen LogP contribution in [0.5, 0.6) is 0 Å². The first-order valence-corrected chi connectivity index (χ1v) is 4.85. The second-order valence-corrected chi connectivity index (χ2v) is 3.18. The summed E-state index contributed by atoms with van der Waals surface area (Å²) in [4.78, 5) is 13.4. The van der Waals surface area contributed by atoms with E-state index in [1.165, 1.54) is 12.1 Å². The highest BCUT2D eigenvalue weighted by atomic mass is 19.1. The van der Waals surface area contributed by atoms with Crippen molar-refractivity contribution in [3.63, 3.8) is 0 Å². The summed E-state index contributed by atoms with van der Waals surface area (Å²) in [6, 6.07) is 3.55. The number of hydrogen-bond acceptors (Lipinski definition) is 2. The monoisotopic (exact) mass is 235 g/mol. The standard InChI is InChI=1S/C11H10FN3O2/c12-9-5-4-8(10(7-9)11(16)17)3-1-2-6-14-15-13/h1,3-5,7H,2,6H2,(H,16,17). The van der Waals surface area contributed by atoms with Crippen LogP contribution in [0.15, 0.2) is 29.4 Å². The number of carboxylic acid groups (broad SMARTS) is 1. The number of carbonyl (C=O) groups is 1. The number of carboxylic acids is 1. The number of rotatable bonds is 5. The average Bonchev–Trinajstić information content (AvgIpc) is 2.30. The minimum Gasteiger partial charge on any atom is -0.478 e. The van der Waals surface area contributed by atoms with Gasteiger partial charge in [0, 0.05) is 11.5 Å². The molecule has 0 spiro atoms. The first-order chi connectivity index (χ1) is 8.15. The Morgan fingerprint density at radius 3 is 3.00 bits per heavy atom. The summed E-state index contributed by atoms with van der Waals surface area (Å²) >= 11 is 0. The molecule has 0 radical (unpaired) electrons. The Bertz CT molecular complexity index is 493. The summed E-state index contributed by atoms with van der Waals surface area (Å²) < 4.78 is 12.9. The Labute approximate surface area is 96.8 Å². The zero-order chi connectivity index (χ0) is 12.7. The van der Waals surface area contributed by atoms with Crippen LogP contribution in [0.1, 0.15) is 22.3 Å². The molecule has 0 bridgehead atoms. The number of hydrogen-bond donors (Lipinski definition) is 1. The molecule has 0 unspecified atom stereocenters. The van der Waals surface area contributed by atoms with E-state index in [4.69, 9.17) is 10.6 Å². The molecule has 0 aliphatic heterocycles. The van der Waals surface area contributed by atoms with Crippen molar-refractivity contribution in [1.82, 2.24) is 0 Å². The van der Waals surface area contributed by atoms with Gasteiger partial charge >= 0.3 is 5.97 Å². The highest BCUT2D eigenvalue weighted by Crippen LogP contribution is 2.13. The topological polar surface area (TPSA) is 86.1 Å². The maximum absolute atomic E-state index is 12.9. The van der Waals surface area contributed by atoms with E-state index in [-0.39, 0.29) is 5.56 Å². The fraction of sp³-hybridized carbons (Fsp3) is 0.182. The van der Waals surface area contributed by atoms with E-state index in [1.54, 1.807) is 12.2 Å². The molecule has 88 valence electrons. The highest BCUT2D eigenvalue weighted by Gasteiger charge is 2.08. The van der Waals surface area contributed by atoms with Crippen molar-refractivity contribution in [2.75, 3.05) is 6.54 Å². The molecule has 0 saturated carbocycles. The molecule has 0 atom stereocenters. The van der Waals surface area contributed by atoms with Gasteiger partial charge in [0.2, 0.25) is 0 Å². The number of nitrogens with zero attached hydrogens (tertiary/aromatic N) is 3. The second-order valence-electron chi connectivity index (χ2n) is 3.18. The third kappa shape index (κ3) is 3.96. The van der Waals surface area contributed by atoms with Crippen LogP contribution in [0.2, 0.25) is 0 Å². The lowest BCUT2D eigenvalue weighted by Gasteiger charge is -2.00. The van der Waals surface area contributed by atoms with Gasteiger partial charge in [-0.05, 0) is 29.6 Å². The van der Waals surface area contributed by atoms with E-state index >= 15 is 0 Å². The molecule has 0 aromatic heterocycles. The number of halogens is 1. The van der Waals surface area contributed by atoms with Crippen molar-refractivity contribution in [2.24, 2.45) is 5.11 Å². The SMILES string of the molecule is [N-]=[N+]=NCCC=Cc1ccc(F)cc1C(=O)O. The summed E-state index contributed by atoms with van der Waals surface area (Å²) in [5.41, 5.74) is 8.37. The Balaban J connectivity index is 2.83. The van der Waals surface area contributed by atoms with Crippen LogP contribution >= 0.6 is 0 Å². The quantitative estimate of drug-likeness (QED) is 0.367. The minimum absolute atomic E-state index is 0.0926. The van der Waals surface area contributed by atoms with Crippen molar-refractivity contribution in [1.29, 1.82) is 0 Å². The van der Waals surface area contributed by atoms with Crippen LogP contribution in [0.25, 0.3) is 16.5 Å². The molecular formula is C11H10FN3O2. The lowest BCUT2D eigenvalue weighted by Crippen LogP contribution is -2.00. The fourth-order valence-corrected chi connectivity index (χ4v) is 1.25. The summed E-state index contributed by atoms with van der Waals surface area (Å²) in [6.07, 6.45) is 3.74. The maximum atomic E-state index is 12.9. The molecule has 0 aliphatic carbocycles. The van der Waals surface area contributed by atoms with Gasteiger partial charge in [-0.2, -0.15) is 0 Å². The normalized spacial score (nSPS) is 10.2. The Hall–Kier alpha value is -2.33. The van der Waals surface area contributed by atoms with Gasteiger partial charge in [-0.3, -0.25) is 0 Å². The van der Waals surface area contributed by atoms with E-state index in [0.717, 1.165) is 6.07 Å². The molecule has 1 aromatic rings. The summed E-state index contributed by atoms with van der Waals surface area (Å²) in [5.74, 6) is -1.77. The van der Waals surface area contributed by atoms with Crippen LogP contribution in [-0.2, 0) is 0 Å². The summed E-state index contributed by atoms with van der Waals surface area (Å²) in [6.45, 7) is 0.302. The molecule has 1 aromatic carbocycles. The summed E-state index contributed by atoms with van der Waals surface area (Å²) in [7, 11) is 0. The predicted octanol–water partition coefficient (Wildman–Crippen LogP) is 3.24. The largest absolute Gasteiger partial charge is 0.478 e. The third-order valence-corrected chi connectivity index (χ3v) is 2.00. The zero-order valence-electron chi connectivity index (χ0n) is 8.88. The van der Waals surface area contributed by atoms with Gasteiger partial charge in [0.1, 0.15) is 5.82 Å². The van der Waals surface area contributed by atoms with E-state index in [9.17, 15) is 9.18 Å². The van der Waals surface area contributed by atoms with E-state index in [1.807, 2.05) is 0 Å². The molecule has 0 fully saturated rings. The molecule has 17 heavy (non-hydrogen) atoms. The van der Waals surface area contributed by atoms with Gasteiger partial charge in [-0.1, -0.05) is 23.3 Å². The molecule has 0 aliphatic rings. The first kappa shape index (κ1) is 12.7. The average molecular weight is 235 g/mol. The van der Waals surface area contributed by atoms with Gasteiger partial charge in [0.15, 0.2) is 0 Å². The minimum atomic E-state index is -1.18. The molecule has 1 N–H and O–H groups in total. The molecule has 6 heteroatoms. The van der Waals surface area contributed by atoms with Gasteiger partial charge in [-0.25, -0.2) is 9.18 Å². The van der Waals surface area contributed by atoms with Gasteiger partial charge in [-0.15, -0.1) is 0 Å². The van der Waals surface area contributed by atoms with Gasteiger partial charge in [0.25, 0.3) is 0 Å². The molecule has 1 rings (SSSR count). The van der Waals surface area contributed by atoms with Crippen molar-refractivity contribution < 1.29 is 14.3 Å². The van der Waals surface area contributed by atoms with Crippen LogP contribution < -0.4 is 0 Å². The van der Waals surface area contributed by atoms with Crippen LogP contribution in [-0.4, -0.2) is 17.6 Å². The Morgan fingerprint density at radius 1 is 1.59 bits per heavy atom. The number of aromatic carboxylic acids is 1. The molecule has 0 heterocycles. The zero-order valence-corrected chi connectivity index (χ0v) is 8.88. The molecule has 0 saturated heterocycles. The fourth-order valence-electron chi connectivity index (χ4n) is 1.25. The van der Waals surface area contributed by atoms with E-state index < -0.39 is 11.8 Å². The second kappa shape index (κ2) is 6.30. The van der Waals surface area contributed by atoms with Crippen molar-refractivity contribution in [2.45, 2.75) is 6.42 Å². The third-order valence-electron chi connectivity index (χ3n) is 2.00. The molecule has 5 nitrogen and oxygen atoms in total. The van der Waals surface area contributed by atoms with E-state index in [0.29, 0.717) is 18.5 Å². The molecular weight excluding hydrogens is 225 g/mol. The van der Waals surface area contributed by atoms with Crippen LogP contribution in [0.3, 0.4) is 0 Å². The lowest BCUT2D eigenvalue weighted by molar-refractivity contribution is 0.0696.